The van der Waals surface area contributed by atoms with Crippen LogP contribution in [0.4, 0.5) is 5.13 Å². The highest BCUT2D eigenvalue weighted by atomic mass is 32.2. The van der Waals surface area contributed by atoms with E-state index < -0.39 is 40.1 Å². The molecule has 7 aromatic rings. The summed E-state index contributed by atoms with van der Waals surface area (Å²) in [5.74, 6) is -0.209. The van der Waals surface area contributed by atoms with Gasteiger partial charge in [-0.15, -0.1) is 34.9 Å². The lowest BCUT2D eigenvalue weighted by Crippen LogP contribution is -2.71. The van der Waals surface area contributed by atoms with Crippen molar-refractivity contribution in [2.75, 3.05) is 25.3 Å². The van der Waals surface area contributed by atoms with Crippen molar-refractivity contribution in [2.45, 2.75) is 54.2 Å². The average Bonchev–Trinajstić information content (AvgIpc) is 4.01. The van der Waals surface area contributed by atoms with Crippen LogP contribution >= 0.6 is 34.9 Å². The fourth-order valence-electron chi connectivity index (χ4n) is 8.40. The van der Waals surface area contributed by atoms with E-state index in [1.54, 1.807) is 49.1 Å². The van der Waals surface area contributed by atoms with Crippen molar-refractivity contribution in [2.24, 2.45) is 5.16 Å². The molecule has 5 heterocycles. The van der Waals surface area contributed by atoms with Gasteiger partial charge in [0.2, 0.25) is 0 Å². The van der Waals surface area contributed by atoms with Gasteiger partial charge in [-0.25, -0.2) is 9.78 Å². The van der Waals surface area contributed by atoms with Crippen LogP contribution in [-0.4, -0.2) is 80.3 Å². The molecule has 2 amide bonds. The SMILES string of the molecule is CO/N=C(\C(=O)N[C@@H]1C(=O)N2C(C(=O)OCc3ccc(OC)cc3)=C(C(NCc3c(C)noc3C)Sc3ccncc3)CS[C@H]12)c1csc(NC(c2ccccc2)(c2ccccc2)c2ccccc2)n1. The molecule has 2 aliphatic rings. The minimum Gasteiger partial charge on any atom is -0.497 e. The predicted octanol–water partition coefficient (Wildman–Crippen LogP) is 8.21. The van der Waals surface area contributed by atoms with Crippen molar-refractivity contribution in [3.8, 4) is 5.75 Å². The summed E-state index contributed by atoms with van der Waals surface area (Å²) in [7, 11) is 2.92. The summed E-state index contributed by atoms with van der Waals surface area (Å²) in [4.78, 5) is 60.0. The molecule has 0 radical (unpaired) electrons. The summed E-state index contributed by atoms with van der Waals surface area (Å²) >= 11 is 4.20. The first-order chi connectivity index (χ1) is 34.2. The molecule has 15 nitrogen and oxygen atoms in total. The molecular formula is C52H48N8O7S3. The minimum absolute atomic E-state index is 0.0568. The lowest BCUT2D eigenvalue weighted by molar-refractivity contribution is -0.153. The molecule has 0 saturated carbocycles. The van der Waals surface area contributed by atoms with Crippen LogP contribution in [0, 0.1) is 13.8 Å². The molecule has 0 bridgehead atoms. The van der Waals surface area contributed by atoms with Gasteiger partial charge >= 0.3 is 5.97 Å². The minimum atomic E-state index is -1.02. The Labute approximate surface area is 417 Å². The van der Waals surface area contributed by atoms with Crippen LogP contribution in [0.25, 0.3) is 0 Å². The average molecular weight is 993 g/mol. The second-order valence-corrected chi connectivity index (χ2v) is 19.3. The maximum Gasteiger partial charge on any atom is 0.355 e. The van der Waals surface area contributed by atoms with Gasteiger partial charge in [-0.1, -0.05) is 113 Å². The maximum atomic E-state index is 14.5. The number of esters is 1. The van der Waals surface area contributed by atoms with E-state index in [4.69, 9.17) is 23.8 Å². The number of nitrogens with zero attached hydrogens (tertiary/aromatic N) is 5. The Kier molecular flexibility index (Phi) is 14.7. The highest BCUT2D eigenvalue weighted by Crippen LogP contribution is 2.45. The first-order valence-corrected chi connectivity index (χ1v) is 25.0. The lowest BCUT2D eigenvalue weighted by Gasteiger charge is -2.50. The van der Waals surface area contributed by atoms with Crippen molar-refractivity contribution in [3.05, 3.63) is 201 Å². The number of hydrogen-bond donors (Lipinski definition) is 3. The number of nitrogens with one attached hydrogen (secondary N) is 3. The predicted molar refractivity (Wildman–Crippen MR) is 270 cm³/mol. The number of β-lactam (4-membered cyclic amide) rings is 1. The fraction of sp³-hybridized carbons (Fsp3) is 0.212. The number of pyridine rings is 1. The number of thiazole rings is 1. The number of ether oxygens (including phenoxy) is 2. The summed E-state index contributed by atoms with van der Waals surface area (Å²) in [6.45, 7) is 4.02. The van der Waals surface area contributed by atoms with Crippen molar-refractivity contribution < 1.29 is 33.2 Å². The van der Waals surface area contributed by atoms with Crippen LogP contribution in [0.1, 0.15) is 45.0 Å². The second kappa shape index (κ2) is 21.6. The summed E-state index contributed by atoms with van der Waals surface area (Å²) in [5.41, 5.74) is 5.25. The number of aromatic nitrogens is 3. The molecule has 9 rings (SSSR count). The Bertz CT molecular complexity index is 2890. The number of hydrogen-bond acceptors (Lipinski definition) is 16. The third-order valence-electron chi connectivity index (χ3n) is 11.9. The molecule has 3 aromatic heterocycles. The number of aryl methyl sites for hydroxylation is 2. The van der Waals surface area contributed by atoms with Crippen LogP contribution in [0.5, 0.6) is 5.75 Å². The van der Waals surface area contributed by atoms with Crippen molar-refractivity contribution in [1.82, 2.24) is 30.7 Å². The van der Waals surface area contributed by atoms with Gasteiger partial charge in [0.25, 0.3) is 11.8 Å². The number of oxime groups is 1. The van der Waals surface area contributed by atoms with Crippen LogP contribution in [-0.2, 0) is 42.6 Å². The fourth-order valence-corrected chi connectivity index (χ4v) is 11.7. The number of carbonyl (C=O) groups is 3. The highest BCUT2D eigenvalue weighted by molar-refractivity contribution is 8.01. The molecule has 3 N–H and O–H groups in total. The van der Waals surface area contributed by atoms with Gasteiger partial charge < -0.3 is 29.5 Å². The number of methoxy groups -OCH3 is 1. The molecular weight excluding hydrogens is 945 g/mol. The topological polar surface area (TPSA) is 182 Å². The number of amides is 2. The molecule has 1 unspecified atom stereocenters. The van der Waals surface area contributed by atoms with Crippen LogP contribution < -0.4 is 20.7 Å². The van der Waals surface area contributed by atoms with Crippen LogP contribution in [0.15, 0.2) is 171 Å². The van der Waals surface area contributed by atoms with E-state index in [9.17, 15) is 14.4 Å². The lowest BCUT2D eigenvalue weighted by atomic mass is 9.77. The van der Waals surface area contributed by atoms with Gasteiger partial charge in [0, 0.05) is 40.5 Å². The number of fused-ring (bicyclic) bond motifs is 1. The number of thioether (sulfide) groups is 2. The molecule has 356 valence electrons. The van der Waals surface area contributed by atoms with E-state index in [0.717, 1.165) is 38.4 Å². The molecule has 2 aliphatic heterocycles. The monoisotopic (exact) mass is 992 g/mol. The molecule has 0 aliphatic carbocycles. The molecule has 1 saturated heterocycles. The number of carbonyl (C=O) groups excluding carboxylic acids is 3. The normalized spacial score (nSPS) is 16.2. The smallest absolute Gasteiger partial charge is 0.355 e. The van der Waals surface area contributed by atoms with Gasteiger partial charge in [0.15, 0.2) is 10.8 Å². The van der Waals surface area contributed by atoms with Gasteiger partial charge in [-0.05, 0) is 65.9 Å². The van der Waals surface area contributed by atoms with Gasteiger partial charge in [0.05, 0.1) is 18.2 Å². The second-order valence-electron chi connectivity index (χ2n) is 16.2. The summed E-state index contributed by atoms with van der Waals surface area (Å²) in [6, 6.07) is 40.2. The van der Waals surface area contributed by atoms with E-state index in [0.29, 0.717) is 34.5 Å². The van der Waals surface area contributed by atoms with E-state index in [2.05, 4.69) is 67.6 Å². The Hall–Kier alpha value is -7.25. The van der Waals surface area contributed by atoms with Crippen LogP contribution in [0.2, 0.25) is 0 Å². The van der Waals surface area contributed by atoms with E-state index in [-0.39, 0.29) is 23.7 Å². The maximum absolute atomic E-state index is 14.5. The Morgan fingerprint density at radius 2 is 1.54 bits per heavy atom. The first kappa shape index (κ1) is 47.8. The molecule has 70 heavy (non-hydrogen) atoms. The zero-order valence-corrected chi connectivity index (χ0v) is 41.0. The number of anilines is 1. The summed E-state index contributed by atoms with van der Waals surface area (Å²) < 4.78 is 16.7. The zero-order valence-electron chi connectivity index (χ0n) is 38.5. The third-order valence-corrected chi connectivity index (χ3v) is 15.2. The quantitative estimate of drug-likeness (QED) is 0.0134. The highest BCUT2D eigenvalue weighted by Gasteiger charge is 2.55. The van der Waals surface area contributed by atoms with E-state index in [1.165, 1.54) is 46.9 Å². The Balaban J connectivity index is 0.999. The largest absolute Gasteiger partial charge is 0.497 e. The molecule has 0 spiro atoms. The van der Waals surface area contributed by atoms with Gasteiger partial charge in [-0.2, -0.15) is 0 Å². The molecule has 3 atom stereocenters. The van der Waals surface area contributed by atoms with E-state index >= 15 is 0 Å². The van der Waals surface area contributed by atoms with Crippen molar-refractivity contribution >= 4 is 63.5 Å². The van der Waals surface area contributed by atoms with Gasteiger partial charge in [-0.3, -0.25) is 24.8 Å². The third kappa shape index (κ3) is 9.93. The van der Waals surface area contributed by atoms with Crippen LogP contribution in [0.3, 0.4) is 0 Å². The summed E-state index contributed by atoms with van der Waals surface area (Å²) in [6.07, 6.45) is 3.39. The number of rotatable bonds is 19. The Morgan fingerprint density at radius 3 is 2.13 bits per heavy atom. The van der Waals surface area contributed by atoms with Crippen molar-refractivity contribution in [3.63, 3.8) is 0 Å². The Morgan fingerprint density at radius 1 is 0.900 bits per heavy atom. The molecule has 18 heteroatoms. The molecule has 4 aromatic carbocycles. The molecule has 1 fully saturated rings. The van der Waals surface area contributed by atoms with Gasteiger partial charge in [0.1, 0.15) is 53.6 Å². The standard InChI is InChI=1S/C52H48N8O7S3/c1-32-40(33(2)67-58-32)28-54-47(70-39-24-26-53-27-25-39)41-30-68-49-44(48(62)60(49)45(41)50(63)66-29-34-20-22-38(64-3)23-21-34)56-46(61)43(59-65-4)42-31-69-51(55-42)57-52(35-14-8-5-9-15-35,36-16-10-6-11-17-36)37-18-12-7-13-19-37/h5-27,31,44,47,49,54H,28-30H2,1-4H3,(H,55,57)(H,56,61)/b59-43-/t44-,47?,49-/m1/s1. The zero-order chi connectivity index (χ0) is 48.6. The first-order valence-electron chi connectivity index (χ1n) is 22.2. The van der Waals surface area contributed by atoms with Crippen molar-refractivity contribution in [1.29, 1.82) is 0 Å². The van der Waals surface area contributed by atoms with E-state index in [1.807, 2.05) is 80.6 Å². The summed E-state index contributed by atoms with van der Waals surface area (Å²) in [5, 5.41) is 19.6. The number of benzene rings is 4.